The van der Waals surface area contributed by atoms with E-state index >= 15 is 0 Å². The second kappa shape index (κ2) is 5.09. The smallest absolute Gasteiger partial charge is 0.142 e. The van der Waals surface area contributed by atoms with Crippen molar-refractivity contribution in [2.45, 2.75) is 65.3 Å². The van der Waals surface area contributed by atoms with E-state index in [4.69, 9.17) is 0 Å². The summed E-state index contributed by atoms with van der Waals surface area (Å²) >= 11 is 0. The first-order chi connectivity index (χ1) is 8.00. The van der Waals surface area contributed by atoms with Gasteiger partial charge in [-0.2, -0.15) is 0 Å². The minimum absolute atomic E-state index is 0.0558. The van der Waals surface area contributed by atoms with Crippen LogP contribution in [0.3, 0.4) is 0 Å². The third-order valence-corrected chi connectivity index (χ3v) is 4.80. The Kier molecular flexibility index (Phi) is 3.92. The number of nitrogens with zero attached hydrogens (tertiary/aromatic N) is 1. The van der Waals surface area contributed by atoms with Gasteiger partial charge < -0.3 is 0 Å². The van der Waals surface area contributed by atoms with Crippen molar-refractivity contribution in [1.82, 2.24) is 4.90 Å². The van der Waals surface area contributed by atoms with Gasteiger partial charge in [0.1, 0.15) is 5.78 Å². The van der Waals surface area contributed by atoms with E-state index in [1.807, 2.05) is 0 Å². The second-order valence-electron chi connectivity index (χ2n) is 6.68. The van der Waals surface area contributed by atoms with Gasteiger partial charge in [0.15, 0.2) is 0 Å². The van der Waals surface area contributed by atoms with Crippen LogP contribution in [0.2, 0.25) is 0 Å². The van der Waals surface area contributed by atoms with Crippen molar-refractivity contribution in [3.05, 3.63) is 0 Å². The van der Waals surface area contributed by atoms with E-state index in [0.717, 1.165) is 19.4 Å². The summed E-state index contributed by atoms with van der Waals surface area (Å²) in [5.74, 6) is 0.819. The summed E-state index contributed by atoms with van der Waals surface area (Å²) in [6, 6.07) is 0.675. The molecule has 2 aliphatic rings. The van der Waals surface area contributed by atoms with Crippen molar-refractivity contribution in [2.75, 3.05) is 13.1 Å². The van der Waals surface area contributed by atoms with Crippen LogP contribution >= 0.6 is 0 Å². The number of carbonyl (C=O) groups excluding carboxylic acids is 1. The third-order valence-electron chi connectivity index (χ3n) is 4.80. The fourth-order valence-electron chi connectivity index (χ4n) is 3.40. The Balaban J connectivity index is 1.94. The Bertz CT molecular complexity index is 285. The lowest BCUT2D eigenvalue weighted by molar-refractivity contribution is -0.128. The van der Waals surface area contributed by atoms with Gasteiger partial charge in [0.05, 0.1) is 0 Å². The molecule has 0 aromatic rings. The number of rotatable bonds is 2. The van der Waals surface area contributed by atoms with E-state index in [1.165, 1.54) is 32.2 Å². The second-order valence-corrected chi connectivity index (χ2v) is 6.68. The normalized spacial score (nSPS) is 34.9. The Labute approximate surface area is 106 Å². The number of carbonyl (C=O) groups is 1. The minimum atomic E-state index is -0.0558. The highest BCUT2D eigenvalue weighted by Gasteiger charge is 2.41. The fourth-order valence-corrected chi connectivity index (χ4v) is 3.40. The average Bonchev–Trinajstić information content (AvgIpc) is 2.45. The van der Waals surface area contributed by atoms with Crippen LogP contribution in [0.5, 0.6) is 0 Å². The molecule has 17 heavy (non-hydrogen) atoms. The molecular formula is C15H27NO. The Morgan fingerprint density at radius 2 is 2.00 bits per heavy atom. The predicted molar refractivity (Wildman–Crippen MR) is 71.0 cm³/mol. The zero-order valence-electron chi connectivity index (χ0n) is 11.7. The standard InChI is InChI=1S/C15H27NO/c1-12-7-5-4-6-10-16(12)11-13-8-9-15(2,3)14(13)17/h12-13H,4-11H2,1-3H3. The van der Waals surface area contributed by atoms with E-state index < -0.39 is 0 Å². The molecule has 0 spiro atoms. The molecule has 0 aromatic heterocycles. The molecule has 0 radical (unpaired) electrons. The maximum Gasteiger partial charge on any atom is 0.142 e. The lowest BCUT2D eigenvalue weighted by Gasteiger charge is -2.29. The maximum atomic E-state index is 12.3. The minimum Gasteiger partial charge on any atom is -0.300 e. The van der Waals surface area contributed by atoms with Crippen molar-refractivity contribution in [2.24, 2.45) is 11.3 Å². The quantitative estimate of drug-likeness (QED) is 0.735. The molecule has 0 N–H and O–H groups in total. The molecule has 1 saturated carbocycles. The Morgan fingerprint density at radius 1 is 1.24 bits per heavy atom. The van der Waals surface area contributed by atoms with Crippen LogP contribution in [-0.2, 0) is 4.79 Å². The predicted octanol–water partition coefficient (Wildman–Crippen LogP) is 3.26. The first-order valence-electron chi connectivity index (χ1n) is 7.29. The lowest BCUT2D eigenvalue weighted by Crippen LogP contribution is -2.39. The summed E-state index contributed by atoms with van der Waals surface area (Å²) in [5, 5.41) is 0. The van der Waals surface area contributed by atoms with Crippen LogP contribution in [-0.4, -0.2) is 29.8 Å². The van der Waals surface area contributed by atoms with Gasteiger partial charge in [-0.15, -0.1) is 0 Å². The number of hydrogen-bond acceptors (Lipinski definition) is 2. The van der Waals surface area contributed by atoms with Gasteiger partial charge in [-0.25, -0.2) is 0 Å². The SMILES string of the molecule is CC1CCCCCN1CC1CCC(C)(C)C1=O. The monoisotopic (exact) mass is 237 g/mol. The molecule has 1 saturated heterocycles. The highest BCUT2D eigenvalue weighted by atomic mass is 16.1. The number of Topliss-reactive ketones (excluding diaryl/α,β-unsaturated/α-hetero) is 1. The topological polar surface area (TPSA) is 20.3 Å². The average molecular weight is 237 g/mol. The third kappa shape index (κ3) is 2.90. The maximum absolute atomic E-state index is 12.3. The van der Waals surface area contributed by atoms with Crippen molar-refractivity contribution in [1.29, 1.82) is 0 Å². The van der Waals surface area contributed by atoms with Gasteiger partial charge >= 0.3 is 0 Å². The number of hydrogen-bond donors (Lipinski definition) is 0. The van der Waals surface area contributed by atoms with Gasteiger partial charge in [0, 0.05) is 23.9 Å². The molecule has 0 amide bonds. The van der Waals surface area contributed by atoms with Crippen LogP contribution in [0.1, 0.15) is 59.3 Å². The van der Waals surface area contributed by atoms with Crippen LogP contribution < -0.4 is 0 Å². The van der Waals surface area contributed by atoms with Gasteiger partial charge in [-0.1, -0.05) is 26.7 Å². The summed E-state index contributed by atoms with van der Waals surface area (Å²) in [6.07, 6.45) is 7.54. The highest BCUT2D eigenvalue weighted by Crippen LogP contribution is 2.38. The van der Waals surface area contributed by atoms with Crippen molar-refractivity contribution in [3.63, 3.8) is 0 Å². The summed E-state index contributed by atoms with van der Waals surface area (Å²) < 4.78 is 0. The summed E-state index contributed by atoms with van der Waals surface area (Å²) in [6.45, 7) is 8.77. The Hall–Kier alpha value is -0.370. The molecule has 2 fully saturated rings. The van der Waals surface area contributed by atoms with Crippen LogP contribution in [0.4, 0.5) is 0 Å². The fraction of sp³-hybridized carbons (Fsp3) is 0.933. The molecule has 0 aromatic carbocycles. The molecule has 2 heteroatoms. The molecule has 0 bridgehead atoms. The molecule has 98 valence electrons. The molecule has 2 atom stereocenters. The molecule has 1 heterocycles. The number of likely N-dealkylation sites (tertiary alicyclic amines) is 1. The molecule has 1 aliphatic heterocycles. The van der Waals surface area contributed by atoms with Crippen LogP contribution in [0.25, 0.3) is 0 Å². The first kappa shape index (κ1) is 13.1. The van der Waals surface area contributed by atoms with E-state index in [2.05, 4.69) is 25.7 Å². The highest BCUT2D eigenvalue weighted by molar-refractivity contribution is 5.88. The van der Waals surface area contributed by atoms with E-state index in [9.17, 15) is 4.79 Å². The summed E-state index contributed by atoms with van der Waals surface area (Å²) in [7, 11) is 0. The lowest BCUT2D eigenvalue weighted by atomic mass is 9.89. The van der Waals surface area contributed by atoms with Crippen LogP contribution in [0, 0.1) is 11.3 Å². The zero-order valence-corrected chi connectivity index (χ0v) is 11.7. The van der Waals surface area contributed by atoms with E-state index in [1.54, 1.807) is 0 Å². The molecule has 1 aliphatic carbocycles. The van der Waals surface area contributed by atoms with Crippen molar-refractivity contribution in [3.8, 4) is 0 Å². The molecule has 2 rings (SSSR count). The molecular weight excluding hydrogens is 210 g/mol. The van der Waals surface area contributed by atoms with Crippen molar-refractivity contribution < 1.29 is 4.79 Å². The van der Waals surface area contributed by atoms with Gasteiger partial charge in [-0.3, -0.25) is 9.69 Å². The van der Waals surface area contributed by atoms with Gasteiger partial charge in [0.2, 0.25) is 0 Å². The largest absolute Gasteiger partial charge is 0.300 e. The van der Waals surface area contributed by atoms with E-state index in [-0.39, 0.29) is 5.41 Å². The van der Waals surface area contributed by atoms with Crippen molar-refractivity contribution >= 4 is 5.78 Å². The number of ketones is 1. The molecule has 2 unspecified atom stereocenters. The summed E-state index contributed by atoms with van der Waals surface area (Å²) in [5.41, 5.74) is -0.0558. The Morgan fingerprint density at radius 3 is 2.65 bits per heavy atom. The van der Waals surface area contributed by atoms with Gasteiger partial charge in [-0.05, 0) is 39.2 Å². The zero-order chi connectivity index (χ0) is 12.5. The summed E-state index contributed by atoms with van der Waals surface area (Å²) in [4.78, 5) is 14.8. The van der Waals surface area contributed by atoms with Crippen LogP contribution in [0.15, 0.2) is 0 Å². The van der Waals surface area contributed by atoms with Gasteiger partial charge in [0.25, 0.3) is 0 Å². The van der Waals surface area contributed by atoms with E-state index in [0.29, 0.717) is 17.7 Å². The first-order valence-corrected chi connectivity index (χ1v) is 7.29. The molecule has 2 nitrogen and oxygen atoms in total.